The molecule has 1 amide bonds. The summed E-state index contributed by atoms with van der Waals surface area (Å²) < 4.78 is 0. The zero-order valence-electron chi connectivity index (χ0n) is 12.0. The van der Waals surface area contributed by atoms with E-state index in [1.165, 1.54) is 12.8 Å². The Kier molecular flexibility index (Phi) is 4.28. The van der Waals surface area contributed by atoms with Crippen LogP contribution in [0.3, 0.4) is 0 Å². The molecule has 2 rings (SSSR count). The molecule has 0 radical (unpaired) electrons. The van der Waals surface area contributed by atoms with Gasteiger partial charge in [0.05, 0.1) is 5.54 Å². The predicted octanol–water partition coefficient (Wildman–Crippen LogP) is 1.07. The first kappa shape index (κ1) is 13.8. The number of likely N-dealkylation sites (N-methyl/N-ethyl adjacent to an activating group) is 1. The van der Waals surface area contributed by atoms with Gasteiger partial charge < -0.3 is 10.2 Å². The molecule has 2 aliphatic heterocycles. The highest BCUT2D eigenvalue weighted by Crippen LogP contribution is 2.23. The smallest absolute Gasteiger partial charge is 0.242 e. The molecule has 104 valence electrons. The Morgan fingerprint density at radius 3 is 2.78 bits per heavy atom. The molecule has 1 N–H and O–H groups in total. The van der Waals surface area contributed by atoms with Crippen LogP contribution in [0.2, 0.25) is 0 Å². The molecule has 2 atom stereocenters. The lowest BCUT2D eigenvalue weighted by Gasteiger charge is -2.44. The maximum Gasteiger partial charge on any atom is 0.242 e. The fraction of sp³-hybridized carbons (Fsp3) is 0.929. The fourth-order valence-corrected chi connectivity index (χ4v) is 3.16. The maximum atomic E-state index is 12.7. The maximum absolute atomic E-state index is 12.7. The SMILES string of the molecule is CCC1CN(C(=O)C2(C)CCCCN2)CCN1C. The second-order valence-corrected chi connectivity index (χ2v) is 6.01. The number of amides is 1. The van der Waals surface area contributed by atoms with E-state index in [-0.39, 0.29) is 5.54 Å². The number of piperazine rings is 1. The van der Waals surface area contributed by atoms with Crippen molar-refractivity contribution in [1.29, 1.82) is 0 Å². The number of nitrogens with one attached hydrogen (secondary N) is 1. The van der Waals surface area contributed by atoms with Gasteiger partial charge in [-0.15, -0.1) is 0 Å². The van der Waals surface area contributed by atoms with Crippen molar-refractivity contribution in [3.05, 3.63) is 0 Å². The van der Waals surface area contributed by atoms with E-state index in [4.69, 9.17) is 0 Å². The minimum Gasteiger partial charge on any atom is -0.338 e. The molecule has 2 aliphatic rings. The van der Waals surface area contributed by atoms with E-state index in [2.05, 4.69) is 36.0 Å². The standard InChI is InChI=1S/C14H27N3O/c1-4-12-11-17(10-9-16(12)3)13(18)14(2)7-5-6-8-15-14/h12,15H,4-11H2,1-3H3. The van der Waals surface area contributed by atoms with Crippen LogP contribution >= 0.6 is 0 Å². The van der Waals surface area contributed by atoms with Crippen molar-refractivity contribution in [2.24, 2.45) is 0 Å². The highest BCUT2D eigenvalue weighted by atomic mass is 16.2. The quantitative estimate of drug-likeness (QED) is 0.799. The monoisotopic (exact) mass is 253 g/mol. The van der Waals surface area contributed by atoms with Crippen LogP contribution in [0.25, 0.3) is 0 Å². The summed E-state index contributed by atoms with van der Waals surface area (Å²) >= 11 is 0. The van der Waals surface area contributed by atoms with E-state index in [1.807, 2.05) is 0 Å². The summed E-state index contributed by atoms with van der Waals surface area (Å²) in [6, 6.07) is 0.523. The topological polar surface area (TPSA) is 35.6 Å². The van der Waals surface area contributed by atoms with E-state index < -0.39 is 0 Å². The largest absolute Gasteiger partial charge is 0.338 e. The Morgan fingerprint density at radius 2 is 2.17 bits per heavy atom. The molecule has 0 aromatic heterocycles. The van der Waals surface area contributed by atoms with Crippen LogP contribution in [-0.2, 0) is 4.79 Å². The molecular weight excluding hydrogens is 226 g/mol. The Morgan fingerprint density at radius 1 is 1.39 bits per heavy atom. The van der Waals surface area contributed by atoms with Crippen molar-refractivity contribution in [2.75, 3.05) is 33.2 Å². The predicted molar refractivity (Wildman–Crippen MR) is 73.5 cm³/mol. The van der Waals surface area contributed by atoms with Crippen LogP contribution in [0.5, 0.6) is 0 Å². The summed E-state index contributed by atoms with van der Waals surface area (Å²) in [5, 5.41) is 3.43. The van der Waals surface area contributed by atoms with Gasteiger partial charge in [0.2, 0.25) is 5.91 Å². The molecule has 0 bridgehead atoms. The summed E-state index contributed by atoms with van der Waals surface area (Å²) in [6.45, 7) is 8.03. The first-order valence-electron chi connectivity index (χ1n) is 7.31. The average Bonchev–Trinajstić information content (AvgIpc) is 2.39. The van der Waals surface area contributed by atoms with E-state index >= 15 is 0 Å². The van der Waals surface area contributed by atoms with Gasteiger partial charge >= 0.3 is 0 Å². The van der Waals surface area contributed by atoms with Gasteiger partial charge in [-0.3, -0.25) is 9.69 Å². The molecule has 0 aromatic rings. The molecule has 4 heteroatoms. The number of carbonyl (C=O) groups is 1. The van der Waals surface area contributed by atoms with Crippen LogP contribution in [-0.4, -0.2) is 60.5 Å². The summed E-state index contributed by atoms with van der Waals surface area (Å²) in [5.74, 6) is 0.314. The third-order valence-corrected chi connectivity index (χ3v) is 4.63. The van der Waals surface area contributed by atoms with E-state index in [0.717, 1.165) is 39.0 Å². The van der Waals surface area contributed by atoms with Crippen LogP contribution in [0, 0.1) is 0 Å². The molecular formula is C14H27N3O. The molecule has 2 heterocycles. The number of hydrogen-bond acceptors (Lipinski definition) is 3. The van der Waals surface area contributed by atoms with Crippen molar-refractivity contribution in [1.82, 2.24) is 15.1 Å². The number of carbonyl (C=O) groups excluding carboxylic acids is 1. The van der Waals surface area contributed by atoms with Gasteiger partial charge in [-0.25, -0.2) is 0 Å². The average molecular weight is 253 g/mol. The molecule has 0 spiro atoms. The summed E-state index contributed by atoms with van der Waals surface area (Å²) in [7, 11) is 2.16. The summed E-state index contributed by atoms with van der Waals surface area (Å²) in [4.78, 5) is 17.1. The van der Waals surface area contributed by atoms with E-state index in [0.29, 0.717) is 11.9 Å². The first-order valence-corrected chi connectivity index (χ1v) is 7.31. The summed E-state index contributed by atoms with van der Waals surface area (Å²) in [6.07, 6.45) is 4.46. The molecule has 2 fully saturated rings. The molecule has 18 heavy (non-hydrogen) atoms. The lowest BCUT2D eigenvalue weighted by atomic mass is 9.89. The molecule has 0 aliphatic carbocycles. The van der Waals surface area contributed by atoms with Crippen LogP contribution in [0.4, 0.5) is 0 Å². The van der Waals surface area contributed by atoms with Gasteiger partial charge in [-0.05, 0) is 46.2 Å². The second-order valence-electron chi connectivity index (χ2n) is 6.01. The fourth-order valence-electron chi connectivity index (χ4n) is 3.16. The minimum absolute atomic E-state index is 0.313. The van der Waals surface area contributed by atoms with Gasteiger partial charge in [-0.1, -0.05) is 6.92 Å². The van der Waals surface area contributed by atoms with Gasteiger partial charge in [0.25, 0.3) is 0 Å². The molecule has 2 unspecified atom stereocenters. The third-order valence-electron chi connectivity index (χ3n) is 4.63. The first-order chi connectivity index (χ1) is 8.57. The molecule has 0 saturated carbocycles. The zero-order valence-corrected chi connectivity index (χ0v) is 12.0. The number of rotatable bonds is 2. The van der Waals surface area contributed by atoms with Gasteiger partial charge in [-0.2, -0.15) is 0 Å². The van der Waals surface area contributed by atoms with Crippen molar-refractivity contribution in [3.63, 3.8) is 0 Å². The number of hydrogen-bond donors (Lipinski definition) is 1. The van der Waals surface area contributed by atoms with Crippen molar-refractivity contribution in [2.45, 2.75) is 51.1 Å². The molecule has 0 aromatic carbocycles. The van der Waals surface area contributed by atoms with Crippen LogP contribution in [0.1, 0.15) is 39.5 Å². The van der Waals surface area contributed by atoms with Gasteiger partial charge in [0.1, 0.15) is 0 Å². The van der Waals surface area contributed by atoms with Crippen molar-refractivity contribution < 1.29 is 4.79 Å². The second kappa shape index (κ2) is 5.57. The highest BCUT2D eigenvalue weighted by Gasteiger charge is 2.39. The zero-order chi connectivity index (χ0) is 13.2. The lowest BCUT2D eigenvalue weighted by Crippen LogP contribution is -2.62. The van der Waals surface area contributed by atoms with E-state index in [1.54, 1.807) is 0 Å². The summed E-state index contributed by atoms with van der Waals surface area (Å²) in [5.41, 5.74) is -0.313. The number of nitrogens with zero attached hydrogens (tertiary/aromatic N) is 2. The minimum atomic E-state index is -0.313. The molecule has 4 nitrogen and oxygen atoms in total. The van der Waals surface area contributed by atoms with Crippen LogP contribution < -0.4 is 5.32 Å². The van der Waals surface area contributed by atoms with Gasteiger partial charge in [0, 0.05) is 25.7 Å². The Balaban J connectivity index is 2.00. The highest BCUT2D eigenvalue weighted by molar-refractivity contribution is 5.86. The normalized spacial score (nSPS) is 34.6. The third kappa shape index (κ3) is 2.69. The molecule has 2 saturated heterocycles. The Bertz CT molecular complexity index is 299. The Labute approximate surface area is 111 Å². The van der Waals surface area contributed by atoms with E-state index in [9.17, 15) is 4.79 Å². The Hall–Kier alpha value is -0.610. The van der Waals surface area contributed by atoms with Gasteiger partial charge in [0.15, 0.2) is 0 Å². The lowest BCUT2D eigenvalue weighted by molar-refractivity contribution is -0.141. The van der Waals surface area contributed by atoms with Crippen molar-refractivity contribution >= 4 is 5.91 Å². The number of piperidine rings is 1. The van der Waals surface area contributed by atoms with Crippen LogP contribution in [0.15, 0.2) is 0 Å². The van der Waals surface area contributed by atoms with Crippen molar-refractivity contribution in [3.8, 4) is 0 Å².